The van der Waals surface area contributed by atoms with Crippen LogP contribution in [0.3, 0.4) is 0 Å². The molecule has 0 aliphatic heterocycles. The second-order valence-corrected chi connectivity index (χ2v) is 7.24. The minimum atomic E-state index is -0.0771. The van der Waals surface area contributed by atoms with Gasteiger partial charge in [-0.1, -0.05) is 12.1 Å². The standard InChI is InChI=1S/C21H25N5O2/c1-25-20(14-19(24-25)15-5-3-6-18(13-15)28-2)21(27)23-16-7-9-17(10-8-16)26-12-4-11-22-26/h3-6,11-14,16-17H,7-10H2,1-2H3,(H,23,27). The van der Waals surface area contributed by atoms with Crippen LogP contribution >= 0.6 is 0 Å². The molecule has 7 heteroatoms. The molecule has 0 unspecified atom stereocenters. The number of nitrogens with one attached hydrogen (secondary N) is 1. The van der Waals surface area contributed by atoms with Gasteiger partial charge < -0.3 is 10.1 Å². The summed E-state index contributed by atoms with van der Waals surface area (Å²) in [4.78, 5) is 12.8. The molecule has 2 aromatic heterocycles. The zero-order chi connectivity index (χ0) is 19.5. The van der Waals surface area contributed by atoms with Crippen molar-refractivity contribution in [1.82, 2.24) is 24.9 Å². The predicted molar refractivity (Wildman–Crippen MR) is 106 cm³/mol. The van der Waals surface area contributed by atoms with Crippen molar-refractivity contribution in [3.63, 3.8) is 0 Å². The van der Waals surface area contributed by atoms with E-state index in [-0.39, 0.29) is 11.9 Å². The van der Waals surface area contributed by atoms with E-state index in [0.29, 0.717) is 11.7 Å². The van der Waals surface area contributed by atoms with Gasteiger partial charge in [0.05, 0.1) is 18.8 Å². The number of hydrogen-bond donors (Lipinski definition) is 1. The first-order valence-electron chi connectivity index (χ1n) is 9.62. The number of nitrogens with zero attached hydrogens (tertiary/aromatic N) is 4. The fourth-order valence-corrected chi connectivity index (χ4v) is 3.84. The monoisotopic (exact) mass is 379 g/mol. The summed E-state index contributed by atoms with van der Waals surface area (Å²) in [5.74, 6) is 0.690. The van der Waals surface area contributed by atoms with Gasteiger partial charge in [-0.25, -0.2) is 0 Å². The van der Waals surface area contributed by atoms with Gasteiger partial charge in [-0.05, 0) is 49.9 Å². The number of aryl methyl sites for hydroxylation is 1. The van der Waals surface area contributed by atoms with Crippen molar-refractivity contribution in [2.45, 2.75) is 37.8 Å². The zero-order valence-electron chi connectivity index (χ0n) is 16.2. The van der Waals surface area contributed by atoms with E-state index in [1.807, 2.05) is 53.5 Å². The minimum absolute atomic E-state index is 0.0771. The Labute approximate surface area is 164 Å². The van der Waals surface area contributed by atoms with Crippen LogP contribution in [0.5, 0.6) is 5.75 Å². The van der Waals surface area contributed by atoms with E-state index in [4.69, 9.17) is 4.74 Å². The summed E-state index contributed by atoms with van der Waals surface area (Å²) < 4.78 is 8.94. The van der Waals surface area contributed by atoms with Crippen LogP contribution in [0.4, 0.5) is 0 Å². The Bertz CT molecular complexity index is 940. The van der Waals surface area contributed by atoms with Crippen LogP contribution in [-0.2, 0) is 7.05 Å². The molecule has 1 N–H and O–H groups in total. The molecule has 0 saturated heterocycles. The van der Waals surface area contributed by atoms with Gasteiger partial charge in [-0.3, -0.25) is 14.2 Å². The average molecular weight is 379 g/mol. The third-order valence-electron chi connectivity index (χ3n) is 5.41. The normalized spacial score (nSPS) is 19.4. The van der Waals surface area contributed by atoms with Crippen LogP contribution in [0.25, 0.3) is 11.3 Å². The number of aromatic nitrogens is 4. The molecule has 7 nitrogen and oxygen atoms in total. The molecule has 0 bridgehead atoms. The van der Waals surface area contributed by atoms with Crippen LogP contribution in [0.1, 0.15) is 42.2 Å². The molecule has 4 rings (SSSR count). The third-order valence-corrected chi connectivity index (χ3v) is 5.41. The van der Waals surface area contributed by atoms with E-state index in [1.165, 1.54) is 0 Å². The molecule has 0 radical (unpaired) electrons. The number of carbonyl (C=O) groups is 1. The summed E-state index contributed by atoms with van der Waals surface area (Å²) in [7, 11) is 3.44. The Morgan fingerprint density at radius 2 is 2.00 bits per heavy atom. The minimum Gasteiger partial charge on any atom is -0.497 e. The third kappa shape index (κ3) is 3.78. The molecule has 1 amide bonds. The summed E-state index contributed by atoms with van der Waals surface area (Å²) in [5.41, 5.74) is 2.25. The highest BCUT2D eigenvalue weighted by Gasteiger charge is 2.25. The van der Waals surface area contributed by atoms with E-state index >= 15 is 0 Å². The van der Waals surface area contributed by atoms with E-state index in [1.54, 1.807) is 18.8 Å². The number of rotatable bonds is 5. The molecule has 2 heterocycles. The molecular weight excluding hydrogens is 354 g/mol. The van der Waals surface area contributed by atoms with Gasteiger partial charge in [0, 0.05) is 31.0 Å². The molecule has 0 spiro atoms. The number of methoxy groups -OCH3 is 1. The maximum Gasteiger partial charge on any atom is 0.269 e. The summed E-state index contributed by atoms with van der Waals surface area (Å²) in [6.07, 6.45) is 7.78. The van der Waals surface area contributed by atoms with Gasteiger partial charge >= 0.3 is 0 Å². The van der Waals surface area contributed by atoms with Crippen LogP contribution in [0.2, 0.25) is 0 Å². The van der Waals surface area contributed by atoms with Crippen molar-refractivity contribution in [2.75, 3.05) is 7.11 Å². The van der Waals surface area contributed by atoms with Crippen LogP contribution < -0.4 is 10.1 Å². The SMILES string of the molecule is COc1cccc(-c2cc(C(=O)NC3CCC(n4cccn4)CC3)n(C)n2)c1. The molecule has 146 valence electrons. The largest absolute Gasteiger partial charge is 0.497 e. The summed E-state index contributed by atoms with van der Waals surface area (Å²) >= 11 is 0. The first kappa shape index (κ1) is 18.3. The van der Waals surface area contributed by atoms with Gasteiger partial charge in [0.1, 0.15) is 11.4 Å². The Hall–Kier alpha value is -3.09. The number of hydrogen-bond acceptors (Lipinski definition) is 4. The Morgan fingerprint density at radius 1 is 1.18 bits per heavy atom. The Morgan fingerprint density at radius 3 is 2.71 bits per heavy atom. The van der Waals surface area contributed by atoms with Gasteiger partial charge in [0.15, 0.2) is 0 Å². The maximum atomic E-state index is 12.8. The van der Waals surface area contributed by atoms with Crippen molar-refractivity contribution < 1.29 is 9.53 Å². The van der Waals surface area contributed by atoms with Crippen molar-refractivity contribution in [3.05, 3.63) is 54.5 Å². The van der Waals surface area contributed by atoms with Crippen LogP contribution in [0, 0.1) is 0 Å². The molecule has 1 fully saturated rings. The maximum absolute atomic E-state index is 12.8. The highest BCUT2D eigenvalue weighted by atomic mass is 16.5. The first-order valence-corrected chi connectivity index (χ1v) is 9.62. The van der Waals surface area contributed by atoms with E-state index in [9.17, 15) is 4.79 Å². The lowest BCUT2D eigenvalue weighted by Crippen LogP contribution is -2.38. The lowest BCUT2D eigenvalue weighted by molar-refractivity contribution is 0.0912. The number of amides is 1. The van der Waals surface area contributed by atoms with Crippen molar-refractivity contribution >= 4 is 5.91 Å². The van der Waals surface area contributed by atoms with Gasteiger partial charge in [-0.2, -0.15) is 10.2 Å². The second-order valence-electron chi connectivity index (χ2n) is 7.24. The second kappa shape index (κ2) is 7.88. The number of ether oxygens (including phenoxy) is 1. The first-order chi connectivity index (χ1) is 13.6. The summed E-state index contributed by atoms with van der Waals surface area (Å²) in [6, 6.07) is 12.1. The average Bonchev–Trinajstić information content (AvgIpc) is 3.38. The quantitative estimate of drug-likeness (QED) is 0.739. The Balaban J connectivity index is 1.41. The molecule has 1 aliphatic rings. The van der Waals surface area contributed by atoms with E-state index < -0.39 is 0 Å². The van der Waals surface area contributed by atoms with Crippen molar-refractivity contribution in [1.29, 1.82) is 0 Å². The molecule has 1 saturated carbocycles. The highest BCUT2D eigenvalue weighted by Crippen LogP contribution is 2.28. The fraction of sp³-hybridized carbons (Fsp3) is 0.381. The molecule has 1 aliphatic carbocycles. The van der Waals surface area contributed by atoms with Crippen LogP contribution in [0.15, 0.2) is 48.8 Å². The molecule has 1 aromatic carbocycles. The van der Waals surface area contributed by atoms with Gasteiger partial charge in [0.25, 0.3) is 5.91 Å². The molecule has 0 atom stereocenters. The smallest absolute Gasteiger partial charge is 0.269 e. The molecule has 28 heavy (non-hydrogen) atoms. The molecular formula is C21H25N5O2. The number of carbonyl (C=O) groups excluding carboxylic acids is 1. The highest BCUT2D eigenvalue weighted by molar-refractivity contribution is 5.93. The summed E-state index contributed by atoms with van der Waals surface area (Å²) in [6.45, 7) is 0. The van der Waals surface area contributed by atoms with Crippen LogP contribution in [-0.4, -0.2) is 38.6 Å². The fourth-order valence-electron chi connectivity index (χ4n) is 3.84. The van der Waals surface area contributed by atoms with E-state index in [2.05, 4.69) is 15.5 Å². The van der Waals surface area contributed by atoms with Crippen molar-refractivity contribution in [3.8, 4) is 17.0 Å². The van der Waals surface area contributed by atoms with Gasteiger partial charge in [0.2, 0.25) is 0 Å². The van der Waals surface area contributed by atoms with E-state index in [0.717, 1.165) is 42.7 Å². The molecule has 3 aromatic rings. The lowest BCUT2D eigenvalue weighted by Gasteiger charge is -2.29. The van der Waals surface area contributed by atoms with Gasteiger partial charge in [-0.15, -0.1) is 0 Å². The lowest BCUT2D eigenvalue weighted by atomic mass is 9.91. The summed E-state index contributed by atoms with van der Waals surface area (Å²) in [5, 5.41) is 12.0. The number of benzene rings is 1. The topological polar surface area (TPSA) is 74.0 Å². The Kier molecular flexibility index (Phi) is 5.14. The predicted octanol–water partition coefficient (Wildman–Crippen LogP) is 3.21. The zero-order valence-corrected chi connectivity index (χ0v) is 16.2. The van der Waals surface area contributed by atoms with Crippen molar-refractivity contribution in [2.24, 2.45) is 7.05 Å².